The van der Waals surface area contributed by atoms with Gasteiger partial charge in [0.1, 0.15) is 5.01 Å². The maximum atomic E-state index is 11.8. The van der Waals surface area contributed by atoms with Crippen molar-refractivity contribution in [1.29, 1.82) is 0 Å². The zero-order valence-corrected chi connectivity index (χ0v) is 13.3. The highest BCUT2D eigenvalue weighted by molar-refractivity contribution is 9.11. The fourth-order valence-corrected chi connectivity index (χ4v) is 2.74. The van der Waals surface area contributed by atoms with Crippen molar-refractivity contribution in [2.45, 2.75) is 20.4 Å². The van der Waals surface area contributed by atoms with Crippen LogP contribution in [0.4, 0.5) is 4.79 Å². The van der Waals surface area contributed by atoms with E-state index in [1.165, 1.54) is 16.2 Å². The largest absolute Gasteiger partial charge is 0.481 e. The molecule has 1 aromatic heterocycles. The lowest BCUT2D eigenvalue weighted by atomic mass is 10.2. The first-order valence-corrected chi connectivity index (χ1v) is 7.25. The number of aromatic nitrogens is 1. The van der Waals surface area contributed by atoms with E-state index in [0.29, 0.717) is 6.54 Å². The predicted octanol–water partition coefficient (Wildman–Crippen LogP) is 2.08. The Morgan fingerprint density at radius 1 is 1.58 bits per heavy atom. The van der Waals surface area contributed by atoms with Gasteiger partial charge in [0.15, 0.2) is 0 Å². The monoisotopic (exact) mass is 349 g/mol. The second-order valence-corrected chi connectivity index (χ2v) is 6.65. The topological polar surface area (TPSA) is 82.5 Å². The first-order chi connectivity index (χ1) is 8.81. The zero-order chi connectivity index (χ0) is 14.6. The van der Waals surface area contributed by atoms with E-state index in [2.05, 4.69) is 26.2 Å². The Bertz CT molecular complexity index is 458. The summed E-state index contributed by atoms with van der Waals surface area (Å²) in [6.07, 6.45) is 0. The van der Waals surface area contributed by atoms with Crippen molar-refractivity contribution in [3.63, 3.8) is 0 Å². The van der Waals surface area contributed by atoms with Crippen LogP contribution in [0.5, 0.6) is 0 Å². The number of carbonyl (C=O) groups excluding carboxylic acids is 1. The molecule has 19 heavy (non-hydrogen) atoms. The summed E-state index contributed by atoms with van der Waals surface area (Å²) in [6, 6.07) is -0.308. The van der Waals surface area contributed by atoms with Crippen molar-refractivity contribution < 1.29 is 14.7 Å². The van der Waals surface area contributed by atoms with Gasteiger partial charge in [-0.15, -0.1) is 11.3 Å². The lowest BCUT2D eigenvalue weighted by molar-refractivity contribution is -0.141. The number of thiazole rings is 1. The Hall–Kier alpha value is -1.15. The van der Waals surface area contributed by atoms with Crippen molar-refractivity contribution in [3.05, 3.63) is 14.5 Å². The van der Waals surface area contributed by atoms with Crippen LogP contribution in [0.25, 0.3) is 0 Å². The number of aryl methyl sites for hydroxylation is 1. The maximum absolute atomic E-state index is 11.8. The molecule has 0 saturated heterocycles. The summed E-state index contributed by atoms with van der Waals surface area (Å²) < 4.78 is 0.949. The van der Waals surface area contributed by atoms with E-state index in [0.717, 1.165) is 14.5 Å². The van der Waals surface area contributed by atoms with E-state index in [9.17, 15) is 9.59 Å². The molecular formula is C11H16BrN3O3S. The molecule has 1 atom stereocenters. The van der Waals surface area contributed by atoms with Crippen LogP contribution >= 0.6 is 27.3 Å². The third-order valence-electron chi connectivity index (χ3n) is 2.49. The minimum atomic E-state index is -0.917. The summed E-state index contributed by atoms with van der Waals surface area (Å²) in [5.41, 5.74) is 0.891. The Morgan fingerprint density at radius 2 is 2.21 bits per heavy atom. The number of hydrogen-bond acceptors (Lipinski definition) is 4. The van der Waals surface area contributed by atoms with Gasteiger partial charge in [0.2, 0.25) is 0 Å². The Morgan fingerprint density at radius 3 is 2.68 bits per heavy atom. The number of nitrogens with zero attached hydrogens (tertiary/aromatic N) is 2. The van der Waals surface area contributed by atoms with Gasteiger partial charge in [0.05, 0.1) is 21.9 Å². The SMILES string of the molecule is Cc1nc(CNC(=O)N(C)CC(C)C(=O)O)sc1Br. The van der Waals surface area contributed by atoms with E-state index in [1.54, 1.807) is 14.0 Å². The summed E-state index contributed by atoms with van der Waals surface area (Å²) in [5.74, 6) is -1.51. The van der Waals surface area contributed by atoms with E-state index in [-0.39, 0.29) is 12.6 Å². The fourth-order valence-electron chi connectivity index (χ4n) is 1.36. The van der Waals surface area contributed by atoms with E-state index < -0.39 is 11.9 Å². The molecule has 1 heterocycles. The number of amides is 2. The number of urea groups is 1. The standard InChI is InChI=1S/C11H16BrN3O3S/c1-6(10(16)17)5-15(3)11(18)13-4-8-14-7(2)9(12)19-8/h6H,4-5H2,1-3H3,(H,13,18)(H,16,17). The van der Waals surface area contributed by atoms with Gasteiger partial charge < -0.3 is 15.3 Å². The van der Waals surface area contributed by atoms with Crippen molar-refractivity contribution in [2.24, 2.45) is 5.92 Å². The van der Waals surface area contributed by atoms with Gasteiger partial charge in [0.25, 0.3) is 0 Å². The van der Waals surface area contributed by atoms with Gasteiger partial charge in [-0.25, -0.2) is 9.78 Å². The summed E-state index contributed by atoms with van der Waals surface area (Å²) in [4.78, 5) is 28.1. The summed E-state index contributed by atoms with van der Waals surface area (Å²) in [6.45, 7) is 3.95. The molecule has 0 aliphatic rings. The second kappa shape index (κ2) is 6.85. The molecule has 1 unspecified atom stereocenters. The van der Waals surface area contributed by atoms with Crippen molar-refractivity contribution >= 4 is 39.3 Å². The Kier molecular flexibility index (Phi) is 5.74. The highest BCUT2D eigenvalue weighted by Crippen LogP contribution is 2.23. The van der Waals surface area contributed by atoms with Crippen LogP contribution < -0.4 is 5.32 Å². The third kappa shape index (κ3) is 4.79. The van der Waals surface area contributed by atoms with Gasteiger partial charge in [0, 0.05) is 13.6 Å². The maximum Gasteiger partial charge on any atom is 0.317 e. The molecule has 2 amide bonds. The molecule has 0 fully saturated rings. The minimum absolute atomic E-state index is 0.168. The smallest absolute Gasteiger partial charge is 0.317 e. The van der Waals surface area contributed by atoms with Gasteiger partial charge in [-0.05, 0) is 22.9 Å². The van der Waals surface area contributed by atoms with Crippen molar-refractivity contribution in [3.8, 4) is 0 Å². The Labute approximate surface area is 124 Å². The van der Waals surface area contributed by atoms with Gasteiger partial charge >= 0.3 is 12.0 Å². The molecule has 0 bridgehead atoms. The van der Waals surface area contributed by atoms with Crippen LogP contribution in [0.3, 0.4) is 0 Å². The summed E-state index contributed by atoms with van der Waals surface area (Å²) in [5, 5.41) is 12.3. The molecule has 0 radical (unpaired) electrons. The lowest BCUT2D eigenvalue weighted by Crippen LogP contribution is -2.40. The molecule has 6 nitrogen and oxygen atoms in total. The zero-order valence-electron chi connectivity index (χ0n) is 10.9. The van der Waals surface area contributed by atoms with Crippen molar-refractivity contribution in [1.82, 2.24) is 15.2 Å². The number of halogens is 1. The van der Waals surface area contributed by atoms with Crippen LogP contribution in [0.15, 0.2) is 3.79 Å². The molecule has 2 N–H and O–H groups in total. The Balaban J connectivity index is 2.44. The third-order valence-corrected chi connectivity index (χ3v) is 4.50. The first-order valence-electron chi connectivity index (χ1n) is 5.64. The lowest BCUT2D eigenvalue weighted by Gasteiger charge is -2.19. The highest BCUT2D eigenvalue weighted by atomic mass is 79.9. The summed E-state index contributed by atoms with van der Waals surface area (Å²) >= 11 is 4.83. The van der Waals surface area contributed by atoms with Crippen LogP contribution in [0, 0.1) is 12.8 Å². The van der Waals surface area contributed by atoms with Crippen LogP contribution in [0.1, 0.15) is 17.6 Å². The van der Waals surface area contributed by atoms with E-state index >= 15 is 0 Å². The number of hydrogen-bond donors (Lipinski definition) is 2. The molecule has 0 aliphatic carbocycles. The summed E-state index contributed by atoms with van der Waals surface area (Å²) in [7, 11) is 1.57. The molecule has 1 rings (SSSR count). The molecule has 0 spiro atoms. The fraction of sp³-hybridized carbons (Fsp3) is 0.545. The molecule has 0 aromatic carbocycles. The van der Waals surface area contributed by atoms with Crippen molar-refractivity contribution in [2.75, 3.05) is 13.6 Å². The van der Waals surface area contributed by atoms with E-state index in [4.69, 9.17) is 5.11 Å². The quantitative estimate of drug-likeness (QED) is 0.852. The average molecular weight is 350 g/mol. The molecule has 0 aliphatic heterocycles. The van der Waals surface area contributed by atoms with Crippen LogP contribution in [-0.2, 0) is 11.3 Å². The number of carboxylic acid groups (broad SMARTS) is 1. The molecule has 0 saturated carbocycles. The number of nitrogens with one attached hydrogen (secondary N) is 1. The van der Waals surface area contributed by atoms with Crippen LogP contribution in [-0.4, -0.2) is 40.6 Å². The van der Waals surface area contributed by atoms with Crippen LogP contribution in [0.2, 0.25) is 0 Å². The number of carbonyl (C=O) groups is 2. The predicted molar refractivity (Wildman–Crippen MR) is 76.2 cm³/mol. The molecule has 106 valence electrons. The minimum Gasteiger partial charge on any atom is -0.481 e. The highest BCUT2D eigenvalue weighted by Gasteiger charge is 2.17. The van der Waals surface area contributed by atoms with Gasteiger partial charge in [-0.2, -0.15) is 0 Å². The molecule has 1 aromatic rings. The number of aliphatic carboxylic acids is 1. The first kappa shape index (κ1) is 15.9. The number of carboxylic acids is 1. The normalized spacial score (nSPS) is 12.0. The second-order valence-electron chi connectivity index (χ2n) is 4.25. The van der Waals surface area contributed by atoms with E-state index in [1.807, 2.05) is 6.92 Å². The molecule has 8 heteroatoms. The molecular weight excluding hydrogens is 334 g/mol. The number of rotatable bonds is 5. The van der Waals surface area contributed by atoms with Gasteiger partial charge in [-0.1, -0.05) is 6.92 Å². The van der Waals surface area contributed by atoms with Gasteiger partial charge in [-0.3, -0.25) is 4.79 Å². The average Bonchev–Trinajstić information content (AvgIpc) is 2.65.